The minimum absolute atomic E-state index is 0.0168. The summed E-state index contributed by atoms with van der Waals surface area (Å²) in [5.41, 5.74) is 4.79. The van der Waals surface area contributed by atoms with Crippen LogP contribution in [0.5, 0.6) is 11.5 Å². The minimum Gasteiger partial charge on any atom is -0.493 e. The number of methoxy groups -OCH3 is 1. The van der Waals surface area contributed by atoms with E-state index in [2.05, 4.69) is 26.5 Å². The first-order valence-electron chi connectivity index (χ1n) is 12.4. The predicted molar refractivity (Wildman–Crippen MR) is 163 cm³/mol. The lowest BCUT2D eigenvalue weighted by atomic mass is 10.2. The summed E-state index contributed by atoms with van der Waals surface area (Å²) >= 11 is 9.31. The van der Waals surface area contributed by atoms with Crippen LogP contribution < -0.4 is 14.9 Å². The zero-order valence-corrected chi connectivity index (χ0v) is 25.2. The van der Waals surface area contributed by atoms with Crippen LogP contribution in [0.25, 0.3) is 0 Å². The van der Waals surface area contributed by atoms with Gasteiger partial charge in [-0.2, -0.15) is 9.41 Å². The molecule has 0 saturated carbocycles. The van der Waals surface area contributed by atoms with E-state index in [0.717, 1.165) is 14.3 Å². The lowest BCUT2D eigenvalue weighted by Gasteiger charge is -2.21. The van der Waals surface area contributed by atoms with Gasteiger partial charge in [-0.3, -0.25) is 4.79 Å². The molecule has 0 unspecified atom stereocenters. The number of rotatable bonds is 12. The molecule has 4 aromatic rings. The number of hydrogen-bond donors (Lipinski definition) is 1. The van der Waals surface area contributed by atoms with Gasteiger partial charge in [0.05, 0.1) is 24.8 Å². The summed E-state index contributed by atoms with van der Waals surface area (Å²) in [6.07, 6.45) is 1.44. The fourth-order valence-corrected chi connectivity index (χ4v) is 5.54. The average Bonchev–Trinajstić information content (AvgIpc) is 2.98. The van der Waals surface area contributed by atoms with Crippen LogP contribution in [-0.2, 0) is 28.0 Å². The first-order chi connectivity index (χ1) is 19.7. The van der Waals surface area contributed by atoms with Crippen molar-refractivity contribution in [1.29, 1.82) is 0 Å². The van der Waals surface area contributed by atoms with Crippen LogP contribution in [0.1, 0.15) is 16.7 Å². The smallest absolute Gasteiger partial charge is 0.255 e. The molecular weight excluding hydrogens is 630 g/mol. The van der Waals surface area contributed by atoms with Crippen molar-refractivity contribution in [2.75, 3.05) is 13.7 Å². The fourth-order valence-electron chi connectivity index (χ4n) is 3.77. The van der Waals surface area contributed by atoms with E-state index < -0.39 is 22.5 Å². The fraction of sp³-hybridized carbons (Fsp3) is 0.133. The molecule has 0 heterocycles. The average molecular weight is 657 g/mol. The van der Waals surface area contributed by atoms with Gasteiger partial charge >= 0.3 is 0 Å². The highest BCUT2D eigenvalue weighted by Gasteiger charge is 2.27. The van der Waals surface area contributed by atoms with Gasteiger partial charge in [0, 0.05) is 16.0 Å². The van der Waals surface area contributed by atoms with E-state index in [-0.39, 0.29) is 11.4 Å². The van der Waals surface area contributed by atoms with Crippen LogP contribution in [0.4, 0.5) is 0 Å². The molecule has 11 heteroatoms. The third-order valence-corrected chi connectivity index (χ3v) is 8.46. The van der Waals surface area contributed by atoms with E-state index in [4.69, 9.17) is 21.1 Å². The molecule has 0 aliphatic rings. The van der Waals surface area contributed by atoms with Crippen LogP contribution >= 0.6 is 27.5 Å². The van der Waals surface area contributed by atoms with Gasteiger partial charge in [0.2, 0.25) is 10.0 Å². The van der Waals surface area contributed by atoms with Crippen LogP contribution in [0.2, 0.25) is 5.02 Å². The lowest BCUT2D eigenvalue weighted by Crippen LogP contribution is -2.39. The largest absolute Gasteiger partial charge is 0.493 e. The van der Waals surface area contributed by atoms with E-state index in [1.54, 1.807) is 42.5 Å². The number of benzene rings is 4. The van der Waals surface area contributed by atoms with E-state index in [9.17, 15) is 13.2 Å². The summed E-state index contributed by atoms with van der Waals surface area (Å²) < 4.78 is 40.1. The summed E-state index contributed by atoms with van der Waals surface area (Å²) in [6, 6.07) is 28.0. The van der Waals surface area contributed by atoms with Crippen LogP contribution in [0.15, 0.2) is 112 Å². The number of halogens is 2. The van der Waals surface area contributed by atoms with Crippen molar-refractivity contribution in [3.05, 3.63) is 123 Å². The van der Waals surface area contributed by atoms with Crippen LogP contribution in [0, 0.1) is 0 Å². The third kappa shape index (κ3) is 8.64. The number of nitrogens with one attached hydrogen (secondary N) is 1. The van der Waals surface area contributed by atoms with Gasteiger partial charge in [-0.25, -0.2) is 13.8 Å². The van der Waals surface area contributed by atoms with E-state index in [1.807, 2.05) is 30.3 Å². The van der Waals surface area contributed by atoms with Crippen molar-refractivity contribution in [2.24, 2.45) is 5.10 Å². The molecule has 1 N–H and O–H groups in total. The monoisotopic (exact) mass is 655 g/mol. The number of ether oxygens (including phenoxy) is 2. The Labute approximate surface area is 252 Å². The third-order valence-electron chi connectivity index (χ3n) is 5.87. The highest BCUT2D eigenvalue weighted by atomic mass is 79.9. The van der Waals surface area contributed by atoms with Gasteiger partial charge in [0.1, 0.15) is 6.61 Å². The number of amides is 1. The van der Waals surface area contributed by atoms with Gasteiger partial charge in [-0.1, -0.05) is 70.0 Å². The van der Waals surface area contributed by atoms with Crippen molar-refractivity contribution >= 4 is 49.7 Å². The van der Waals surface area contributed by atoms with Gasteiger partial charge in [0.15, 0.2) is 11.5 Å². The number of hydrogen-bond acceptors (Lipinski definition) is 6. The molecule has 0 spiro atoms. The Hall–Kier alpha value is -3.70. The molecule has 8 nitrogen and oxygen atoms in total. The molecule has 4 aromatic carbocycles. The maximum absolute atomic E-state index is 13.4. The van der Waals surface area contributed by atoms with E-state index >= 15 is 0 Å². The van der Waals surface area contributed by atoms with Gasteiger partial charge in [0.25, 0.3) is 5.91 Å². The van der Waals surface area contributed by atoms with Crippen LogP contribution in [0.3, 0.4) is 0 Å². The summed E-state index contributed by atoms with van der Waals surface area (Å²) in [6.45, 7) is -0.0820. The molecule has 0 saturated heterocycles. The standard InChI is InChI=1S/C30H27BrClN3O5S/c1-39-29-17-24(9-16-28(29)40-21-23-5-3-2-4-6-23)18-33-34-30(36)20-35(19-22-7-10-25(31)11-8-22)41(37,38)27-14-12-26(32)13-15-27/h2-18H,19-21H2,1H3,(H,34,36)/b33-18-. The molecule has 41 heavy (non-hydrogen) atoms. The summed E-state index contributed by atoms with van der Waals surface area (Å²) in [4.78, 5) is 12.8. The van der Waals surface area contributed by atoms with Crippen molar-refractivity contribution in [1.82, 2.24) is 9.73 Å². The number of carbonyl (C=O) groups is 1. The molecule has 0 aliphatic heterocycles. The highest BCUT2D eigenvalue weighted by Crippen LogP contribution is 2.28. The Morgan fingerprint density at radius 3 is 2.34 bits per heavy atom. The topological polar surface area (TPSA) is 97.3 Å². The second-order valence-corrected chi connectivity index (χ2v) is 12.1. The second-order valence-electron chi connectivity index (χ2n) is 8.83. The highest BCUT2D eigenvalue weighted by molar-refractivity contribution is 9.10. The SMILES string of the molecule is COc1cc(/C=N\NC(=O)CN(Cc2ccc(Br)cc2)S(=O)(=O)c2ccc(Cl)cc2)ccc1OCc1ccccc1. The molecule has 4 rings (SSSR count). The molecule has 0 fully saturated rings. The maximum Gasteiger partial charge on any atom is 0.255 e. The summed E-state index contributed by atoms with van der Waals surface area (Å²) in [5, 5.41) is 4.42. The minimum atomic E-state index is -4.02. The molecule has 0 bridgehead atoms. The van der Waals surface area contributed by atoms with Crippen molar-refractivity contribution in [2.45, 2.75) is 18.0 Å². The maximum atomic E-state index is 13.4. The van der Waals surface area contributed by atoms with E-state index in [1.165, 1.54) is 37.6 Å². The summed E-state index contributed by atoms with van der Waals surface area (Å²) in [7, 11) is -2.48. The van der Waals surface area contributed by atoms with Crippen molar-refractivity contribution in [3.8, 4) is 11.5 Å². The number of sulfonamides is 1. The molecular formula is C30H27BrClN3O5S. The van der Waals surface area contributed by atoms with Gasteiger partial charge < -0.3 is 9.47 Å². The zero-order valence-electron chi connectivity index (χ0n) is 22.0. The second kappa shape index (κ2) is 14.3. The molecule has 1 amide bonds. The Bertz CT molecular complexity index is 1600. The Kier molecular flexibility index (Phi) is 10.5. The van der Waals surface area contributed by atoms with Crippen molar-refractivity contribution in [3.63, 3.8) is 0 Å². The first kappa shape index (κ1) is 30.3. The quantitative estimate of drug-likeness (QED) is 0.148. The Morgan fingerprint density at radius 2 is 1.66 bits per heavy atom. The molecule has 0 aliphatic carbocycles. The van der Waals surface area contributed by atoms with Crippen molar-refractivity contribution < 1.29 is 22.7 Å². The number of hydrazone groups is 1. The Balaban J connectivity index is 1.43. The number of carbonyl (C=O) groups excluding carboxylic acids is 1. The van der Waals surface area contributed by atoms with Gasteiger partial charge in [-0.15, -0.1) is 0 Å². The van der Waals surface area contributed by atoms with E-state index in [0.29, 0.717) is 34.3 Å². The zero-order chi connectivity index (χ0) is 29.2. The molecule has 212 valence electrons. The van der Waals surface area contributed by atoms with Crippen LogP contribution in [-0.4, -0.2) is 38.5 Å². The Morgan fingerprint density at radius 1 is 0.951 bits per heavy atom. The summed E-state index contributed by atoms with van der Waals surface area (Å²) in [5.74, 6) is 0.463. The number of nitrogens with zero attached hydrogens (tertiary/aromatic N) is 2. The van der Waals surface area contributed by atoms with Gasteiger partial charge in [-0.05, 0) is 71.3 Å². The lowest BCUT2D eigenvalue weighted by molar-refractivity contribution is -0.121. The molecule has 0 aromatic heterocycles. The molecule has 0 atom stereocenters. The molecule has 0 radical (unpaired) electrons. The first-order valence-corrected chi connectivity index (χ1v) is 15.0. The predicted octanol–water partition coefficient (Wildman–Crippen LogP) is 6.03. The normalized spacial score (nSPS) is 11.5.